The third kappa shape index (κ3) is 9.00. The number of aliphatic hydroxyl groups is 1. The number of rotatable bonds is 4. The van der Waals surface area contributed by atoms with E-state index in [9.17, 15) is 19.3 Å². The van der Waals surface area contributed by atoms with E-state index in [2.05, 4.69) is 14.7 Å². The third-order valence-corrected chi connectivity index (χ3v) is 1.71. The number of nitroso groups, excluding NO2 is 1. The van der Waals surface area contributed by atoms with Crippen LogP contribution in [0.1, 0.15) is 13.8 Å². The first-order valence-corrected chi connectivity index (χ1v) is 4.88. The molecular formula is C10H17ClN2O7. The van der Waals surface area contributed by atoms with Gasteiger partial charge in [0, 0.05) is 0 Å². The Kier molecular flexibility index (Phi) is 13.9. The van der Waals surface area contributed by atoms with Gasteiger partial charge in [-0.2, -0.15) is 0 Å². The molecule has 0 radical (unpaired) electrons. The molecule has 1 atom stereocenters. The lowest BCUT2D eigenvalue weighted by Crippen LogP contribution is -2.37. The van der Waals surface area contributed by atoms with Gasteiger partial charge in [0.05, 0.1) is 14.2 Å². The molecule has 0 aliphatic carbocycles. The van der Waals surface area contributed by atoms with Crippen molar-refractivity contribution in [2.45, 2.75) is 19.9 Å². The Labute approximate surface area is 121 Å². The van der Waals surface area contributed by atoms with Gasteiger partial charge in [-0.25, -0.2) is 9.59 Å². The lowest BCUT2D eigenvalue weighted by molar-refractivity contribution is -0.145. The number of nitrogens with zero attached hydrogens (tertiary/aromatic N) is 1. The Morgan fingerprint density at radius 2 is 1.60 bits per heavy atom. The van der Waals surface area contributed by atoms with Gasteiger partial charge in [-0.1, -0.05) is 0 Å². The molecule has 0 aromatic rings. The molecule has 0 aliphatic heterocycles. The quantitative estimate of drug-likeness (QED) is 0.246. The molecule has 0 saturated heterocycles. The van der Waals surface area contributed by atoms with Gasteiger partial charge < -0.3 is 20.3 Å². The number of allylic oxidation sites excluding steroid dienone is 1. The average molecular weight is 313 g/mol. The van der Waals surface area contributed by atoms with Crippen LogP contribution in [0, 0.1) is 4.91 Å². The highest BCUT2D eigenvalue weighted by Gasteiger charge is 2.17. The zero-order chi connectivity index (χ0) is 15.6. The standard InChI is InChI=1S/C5H7NO4.C5H9NO3.ClH/c1-3(7)4(6-9)5(8)10-2;1-3(7)4(6)5(8)9-2;/h7H,1-2H3;4H,6H2,1-2H3;1H. The first-order chi connectivity index (χ1) is 8.72. The molecule has 0 aromatic carbocycles. The number of hydrogen-bond donors (Lipinski definition) is 2. The van der Waals surface area contributed by atoms with E-state index in [1.807, 2.05) is 0 Å². The molecule has 1 unspecified atom stereocenters. The second-order valence-corrected chi connectivity index (χ2v) is 3.13. The number of Topliss-reactive ketones (excluding diaryl/α,β-unsaturated/α-hetero) is 1. The highest BCUT2D eigenvalue weighted by atomic mass is 35.5. The molecule has 0 aromatic heterocycles. The molecule has 20 heavy (non-hydrogen) atoms. The number of carbonyl (C=O) groups excluding carboxylic acids is 3. The number of esters is 2. The Hall–Kier alpha value is -2.00. The highest BCUT2D eigenvalue weighted by molar-refractivity contribution is 6.01. The summed E-state index contributed by atoms with van der Waals surface area (Å²) >= 11 is 0. The smallest absolute Gasteiger partial charge is 0.363 e. The fourth-order valence-electron chi connectivity index (χ4n) is 0.641. The first-order valence-electron chi connectivity index (χ1n) is 4.88. The monoisotopic (exact) mass is 312 g/mol. The fraction of sp³-hybridized carbons (Fsp3) is 0.500. The molecular weight excluding hydrogens is 296 g/mol. The van der Waals surface area contributed by atoms with Crippen molar-refractivity contribution in [1.82, 2.24) is 0 Å². The van der Waals surface area contributed by atoms with Crippen LogP contribution in [0.5, 0.6) is 0 Å². The number of halogens is 1. The number of aliphatic hydroxyl groups excluding tert-OH is 1. The summed E-state index contributed by atoms with van der Waals surface area (Å²) in [4.78, 5) is 40.9. The summed E-state index contributed by atoms with van der Waals surface area (Å²) in [6.07, 6.45) is 0. The SMILES string of the molecule is COC(=O)C(N)C(C)=O.COC(=O)C(N=O)=C(C)O.Cl. The van der Waals surface area contributed by atoms with E-state index in [0.717, 1.165) is 7.11 Å². The number of methoxy groups -OCH3 is 2. The molecule has 0 saturated carbocycles. The van der Waals surface area contributed by atoms with Gasteiger partial charge in [0.2, 0.25) is 5.70 Å². The van der Waals surface area contributed by atoms with Crippen molar-refractivity contribution in [1.29, 1.82) is 0 Å². The number of nitrogens with two attached hydrogens (primary N) is 1. The minimum Gasteiger partial charge on any atom is -0.510 e. The second kappa shape index (κ2) is 12.1. The third-order valence-electron chi connectivity index (χ3n) is 1.71. The summed E-state index contributed by atoms with van der Waals surface area (Å²) in [6.45, 7) is 2.41. The molecule has 0 spiro atoms. The van der Waals surface area contributed by atoms with E-state index < -0.39 is 29.4 Å². The maximum Gasteiger partial charge on any atom is 0.363 e. The summed E-state index contributed by atoms with van der Waals surface area (Å²) in [5.74, 6) is -2.46. The zero-order valence-electron chi connectivity index (χ0n) is 11.4. The summed E-state index contributed by atoms with van der Waals surface area (Å²) in [5.41, 5.74) is 4.45. The van der Waals surface area contributed by atoms with Gasteiger partial charge in [0.15, 0.2) is 11.8 Å². The number of hydrogen-bond acceptors (Lipinski definition) is 9. The van der Waals surface area contributed by atoms with Crippen LogP contribution in [0.3, 0.4) is 0 Å². The molecule has 0 aliphatic rings. The minimum atomic E-state index is -1.12. The fourth-order valence-corrected chi connectivity index (χ4v) is 0.641. The van der Waals surface area contributed by atoms with E-state index in [-0.39, 0.29) is 18.2 Å². The largest absolute Gasteiger partial charge is 0.510 e. The molecule has 116 valence electrons. The van der Waals surface area contributed by atoms with Crippen LogP contribution >= 0.6 is 12.4 Å². The van der Waals surface area contributed by atoms with Gasteiger partial charge in [0.1, 0.15) is 5.76 Å². The van der Waals surface area contributed by atoms with E-state index >= 15 is 0 Å². The van der Waals surface area contributed by atoms with Crippen molar-refractivity contribution in [3.8, 4) is 0 Å². The number of carbonyl (C=O) groups is 3. The maximum absolute atomic E-state index is 10.5. The molecule has 0 fully saturated rings. The van der Waals surface area contributed by atoms with Crippen molar-refractivity contribution in [3.05, 3.63) is 16.4 Å². The van der Waals surface area contributed by atoms with Crippen LogP contribution < -0.4 is 5.73 Å². The maximum atomic E-state index is 10.5. The topological polar surface area (TPSA) is 145 Å². The van der Waals surface area contributed by atoms with Crippen molar-refractivity contribution >= 4 is 30.1 Å². The summed E-state index contributed by atoms with van der Waals surface area (Å²) in [5, 5.41) is 10.9. The van der Waals surface area contributed by atoms with Crippen molar-refractivity contribution in [2.75, 3.05) is 14.2 Å². The normalized spacial score (nSPS) is 11.4. The van der Waals surface area contributed by atoms with E-state index in [1.54, 1.807) is 0 Å². The van der Waals surface area contributed by atoms with Crippen LogP contribution in [0.2, 0.25) is 0 Å². The first kappa shape index (κ1) is 23.1. The van der Waals surface area contributed by atoms with Gasteiger partial charge >= 0.3 is 11.9 Å². The number of ether oxygens (including phenoxy) is 2. The summed E-state index contributed by atoms with van der Waals surface area (Å²) in [6, 6.07) is -1.12. The highest BCUT2D eigenvalue weighted by Crippen LogP contribution is 2.03. The Morgan fingerprint density at radius 1 is 1.15 bits per heavy atom. The Balaban J connectivity index is -0.000000277. The zero-order valence-corrected chi connectivity index (χ0v) is 12.2. The molecule has 0 rings (SSSR count). The van der Waals surface area contributed by atoms with Crippen LogP contribution in [-0.2, 0) is 23.9 Å². The van der Waals surface area contributed by atoms with Gasteiger partial charge in [-0.15, -0.1) is 17.3 Å². The van der Waals surface area contributed by atoms with E-state index in [0.29, 0.717) is 0 Å². The summed E-state index contributed by atoms with van der Waals surface area (Å²) < 4.78 is 8.30. The van der Waals surface area contributed by atoms with Crippen LogP contribution in [-0.4, -0.2) is 43.1 Å². The van der Waals surface area contributed by atoms with Gasteiger partial charge in [0.25, 0.3) is 0 Å². The van der Waals surface area contributed by atoms with Crippen molar-refractivity contribution < 1.29 is 29.0 Å². The van der Waals surface area contributed by atoms with Crippen LogP contribution in [0.15, 0.2) is 16.6 Å². The van der Waals surface area contributed by atoms with Gasteiger partial charge in [-0.05, 0) is 19.0 Å². The van der Waals surface area contributed by atoms with Crippen LogP contribution in [0.25, 0.3) is 0 Å². The predicted molar refractivity (Wildman–Crippen MR) is 71.1 cm³/mol. The number of ketones is 1. The molecule has 10 heteroatoms. The van der Waals surface area contributed by atoms with Crippen LogP contribution in [0.4, 0.5) is 0 Å². The van der Waals surface area contributed by atoms with E-state index in [1.165, 1.54) is 21.0 Å². The predicted octanol–water partition coefficient (Wildman–Crippen LogP) is 0.213. The molecule has 0 amide bonds. The Morgan fingerprint density at radius 3 is 1.70 bits per heavy atom. The van der Waals surface area contributed by atoms with E-state index in [4.69, 9.17) is 10.8 Å². The molecule has 0 bridgehead atoms. The van der Waals surface area contributed by atoms with Gasteiger partial charge in [-0.3, -0.25) is 4.79 Å². The molecule has 0 heterocycles. The lowest BCUT2D eigenvalue weighted by atomic mass is 10.2. The Bertz CT molecular complexity index is 391. The molecule has 9 nitrogen and oxygen atoms in total. The second-order valence-electron chi connectivity index (χ2n) is 3.13. The van der Waals surface area contributed by atoms with Crippen molar-refractivity contribution in [3.63, 3.8) is 0 Å². The summed E-state index contributed by atoms with van der Waals surface area (Å²) in [7, 11) is 2.28. The minimum absolute atomic E-state index is 0. The lowest BCUT2D eigenvalue weighted by Gasteiger charge is -2.02. The average Bonchev–Trinajstić information content (AvgIpc) is 2.37. The molecule has 3 N–H and O–H groups in total. The van der Waals surface area contributed by atoms with Crippen molar-refractivity contribution in [2.24, 2.45) is 10.9 Å².